The first-order valence-electron chi connectivity index (χ1n) is 5.45. The van der Waals surface area contributed by atoms with E-state index in [1.165, 1.54) is 5.56 Å². The molecule has 2 rings (SSSR count). The molecule has 2 aromatic rings. The summed E-state index contributed by atoms with van der Waals surface area (Å²) in [5.41, 5.74) is 2.42. The van der Waals surface area contributed by atoms with E-state index >= 15 is 0 Å². The molecule has 0 amide bonds. The summed E-state index contributed by atoms with van der Waals surface area (Å²) < 4.78 is 1.84. The second-order valence-electron chi connectivity index (χ2n) is 5.09. The molecule has 16 heavy (non-hydrogen) atoms. The lowest BCUT2D eigenvalue weighted by molar-refractivity contribution is 0.578. The predicted molar refractivity (Wildman–Crippen MR) is 64.8 cm³/mol. The van der Waals surface area contributed by atoms with Gasteiger partial charge in [-0.25, -0.2) is 9.67 Å². The van der Waals surface area contributed by atoms with Crippen LogP contribution in [-0.2, 0) is 5.41 Å². The van der Waals surface area contributed by atoms with Gasteiger partial charge in [0.15, 0.2) is 5.82 Å². The lowest BCUT2D eigenvalue weighted by Gasteiger charge is -2.21. The quantitative estimate of drug-likeness (QED) is 0.732. The predicted octanol–water partition coefficient (Wildman–Crippen LogP) is 2.87. The first-order chi connectivity index (χ1) is 7.48. The Labute approximate surface area is 96.1 Å². The van der Waals surface area contributed by atoms with Gasteiger partial charge in [-0.3, -0.25) is 0 Å². The van der Waals surface area contributed by atoms with Crippen molar-refractivity contribution in [2.75, 3.05) is 0 Å². The molecule has 0 atom stereocenters. The first kappa shape index (κ1) is 10.9. The van der Waals surface area contributed by atoms with Crippen LogP contribution in [0.5, 0.6) is 0 Å². The topological polar surface area (TPSA) is 30.7 Å². The van der Waals surface area contributed by atoms with Crippen LogP contribution >= 0.6 is 0 Å². The third kappa shape index (κ3) is 1.98. The molecule has 3 nitrogen and oxygen atoms in total. The van der Waals surface area contributed by atoms with Crippen LogP contribution in [0.15, 0.2) is 30.7 Å². The summed E-state index contributed by atoms with van der Waals surface area (Å²) in [6.07, 6.45) is 5.65. The molecule has 2 heterocycles. The Morgan fingerprint density at radius 2 is 2.00 bits per heavy atom. The highest BCUT2D eigenvalue weighted by Crippen LogP contribution is 2.26. The lowest BCUT2D eigenvalue weighted by Crippen LogP contribution is -2.16. The average molecular weight is 215 g/mol. The monoisotopic (exact) mass is 215 g/mol. The first-order valence-corrected chi connectivity index (χ1v) is 5.45. The molecule has 0 radical (unpaired) electrons. The molecular formula is C13H17N3. The lowest BCUT2D eigenvalue weighted by atomic mass is 9.87. The standard InChI is InChI=1S/C13H17N3/c1-10-8-15-16(9-10)12-11(13(2,3)4)6-5-7-14-12/h5-9H,1-4H3. The van der Waals surface area contributed by atoms with Gasteiger partial charge in [0, 0.05) is 18.0 Å². The van der Waals surface area contributed by atoms with E-state index < -0.39 is 0 Å². The van der Waals surface area contributed by atoms with Crippen LogP contribution < -0.4 is 0 Å². The Kier molecular flexibility index (Phi) is 2.54. The van der Waals surface area contributed by atoms with E-state index in [1.807, 2.05) is 36.3 Å². The molecule has 0 spiro atoms. The molecule has 0 aliphatic carbocycles. The highest BCUT2D eigenvalue weighted by molar-refractivity contribution is 5.38. The Morgan fingerprint density at radius 3 is 2.56 bits per heavy atom. The van der Waals surface area contributed by atoms with Crippen LogP contribution in [0.2, 0.25) is 0 Å². The van der Waals surface area contributed by atoms with Gasteiger partial charge >= 0.3 is 0 Å². The van der Waals surface area contributed by atoms with E-state index in [2.05, 4.69) is 36.9 Å². The van der Waals surface area contributed by atoms with Crippen molar-refractivity contribution in [3.8, 4) is 5.82 Å². The second kappa shape index (κ2) is 3.74. The molecule has 0 N–H and O–H groups in total. The number of hydrogen-bond acceptors (Lipinski definition) is 2. The zero-order valence-electron chi connectivity index (χ0n) is 10.2. The van der Waals surface area contributed by atoms with Crippen LogP contribution in [0.1, 0.15) is 31.9 Å². The summed E-state index contributed by atoms with van der Waals surface area (Å²) in [6, 6.07) is 4.08. The van der Waals surface area contributed by atoms with Crippen LogP contribution in [-0.4, -0.2) is 14.8 Å². The van der Waals surface area contributed by atoms with E-state index in [1.54, 1.807) is 0 Å². The molecular weight excluding hydrogens is 198 g/mol. The molecule has 0 aliphatic heterocycles. The maximum Gasteiger partial charge on any atom is 0.156 e. The minimum atomic E-state index is 0.0729. The third-order valence-electron chi connectivity index (χ3n) is 2.52. The van der Waals surface area contributed by atoms with Gasteiger partial charge in [-0.1, -0.05) is 26.8 Å². The second-order valence-corrected chi connectivity index (χ2v) is 5.09. The van der Waals surface area contributed by atoms with Crippen LogP contribution in [0.3, 0.4) is 0 Å². The molecule has 0 fully saturated rings. The zero-order valence-corrected chi connectivity index (χ0v) is 10.2. The molecule has 0 saturated heterocycles. The smallest absolute Gasteiger partial charge is 0.156 e. The minimum absolute atomic E-state index is 0.0729. The Balaban J connectivity index is 2.57. The Morgan fingerprint density at radius 1 is 1.25 bits per heavy atom. The number of aromatic nitrogens is 3. The van der Waals surface area contributed by atoms with Crippen molar-refractivity contribution in [3.63, 3.8) is 0 Å². The average Bonchev–Trinajstić information content (AvgIpc) is 2.64. The molecule has 0 aliphatic rings. The number of hydrogen-bond donors (Lipinski definition) is 0. The van der Waals surface area contributed by atoms with Crippen molar-refractivity contribution in [1.29, 1.82) is 0 Å². The van der Waals surface area contributed by atoms with Gasteiger partial charge in [0.1, 0.15) is 0 Å². The summed E-state index contributed by atoms with van der Waals surface area (Å²) in [5.74, 6) is 0.920. The Bertz CT molecular complexity index is 492. The fourth-order valence-corrected chi connectivity index (χ4v) is 1.69. The van der Waals surface area contributed by atoms with Crippen LogP contribution in [0.4, 0.5) is 0 Å². The van der Waals surface area contributed by atoms with Crippen LogP contribution in [0.25, 0.3) is 5.82 Å². The number of nitrogens with zero attached hydrogens (tertiary/aromatic N) is 3. The largest absolute Gasteiger partial charge is 0.237 e. The van der Waals surface area contributed by atoms with E-state index in [9.17, 15) is 0 Å². The molecule has 84 valence electrons. The number of pyridine rings is 1. The SMILES string of the molecule is Cc1cnn(-c2ncccc2C(C)(C)C)c1. The molecule has 0 aromatic carbocycles. The van der Waals surface area contributed by atoms with Crippen molar-refractivity contribution in [2.45, 2.75) is 33.1 Å². The molecule has 2 aromatic heterocycles. The van der Waals surface area contributed by atoms with Gasteiger partial charge in [-0.2, -0.15) is 5.10 Å². The molecule has 3 heteroatoms. The molecule has 0 unspecified atom stereocenters. The number of rotatable bonds is 1. The van der Waals surface area contributed by atoms with E-state index in [-0.39, 0.29) is 5.41 Å². The van der Waals surface area contributed by atoms with E-state index in [0.717, 1.165) is 11.4 Å². The Hall–Kier alpha value is -1.64. The highest BCUT2D eigenvalue weighted by atomic mass is 15.3. The number of aryl methyl sites for hydroxylation is 1. The van der Waals surface area contributed by atoms with Gasteiger partial charge in [0.25, 0.3) is 0 Å². The van der Waals surface area contributed by atoms with Crippen molar-refractivity contribution in [3.05, 3.63) is 41.9 Å². The zero-order chi connectivity index (χ0) is 11.8. The maximum absolute atomic E-state index is 4.43. The van der Waals surface area contributed by atoms with Gasteiger partial charge in [-0.05, 0) is 24.0 Å². The molecule has 0 saturated carbocycles. The van der Waals surface area contributed by atoms with Crippen LogP contribution in [0, 0.1) is 6.92 Å². The summed E-state index contributed by atoms with van der Waals surface area (Å²) in [7, 11) is 0. The summed E-state index contributed by atoms with van der Waals surface area (Å²) in [5, 5.41) is 4.31. The normalized spacial score (nSPS) is 11.8. The van der Waals surface area contributed by atoms with Crippen molar-refractivity contribution < 1.29 is 0 Å². The van der Waals surface area contributed by atoms with Crippen molar-refractivity contribution >= 4 is 0 Å². The van der Waals surface area contributed by atoms with Crippen molar-refractivity contribution in [1.82, 2.24) is 14.8 Å². The van der Waals surface area contributed by atoms with Crippen molar-refractivity contribution in [2.24, 2.45) is 0 Å². The van der Waals surface area contributed by atoms with Gasteiger partial charge in [0.05, 0.1) is 6.20 Å². The summed E-state index contributed by atoms with van der Waals surface area (Å²) in [6.45, 7) is 8.58. The maximum atomic E-state index is 4.43. The van der Waals surface area contributed by atoms with Gasteiger partial charge < -0.3 is 0 Å². The third-order valence-corrected chi connectivity index (χ3v) is 2.52. The summed E-state index contributed by atoms with van der Waals surface area (Å²) in [4.78, 5) is 4.43. The van der Waals surface area contributed by atoms with E-state index in [4.69, 9.17) is 0 Å². The van der Waals surface area contributed by atoms with E-state index in [0.29, 0.717) is 0 Å². The van der Waals surface area contributed by atoms with Gasteiger partial charge in [-0.15, -0.1) is 0 Å². The minimum Gasteiger partial charge on any atom is -0.237 e. The fourth-order valence-electron chi connectivity index (χ4n) is 1.69. The van der Waals surface area contributed by atoms with Gasteiger partial charge in [0.2, 0.25) is 0 Å². The summed E-state index contributed by atoms with van der Waals surface area (Å²) >= 11 is 0. The molecule has 0 bridgehead atoms. The highest BCUT2D eigenvalue weighted by Gasteiger charge is 2.19. The fraction of sp³-hybridized carbons (Fsp3) is 0.385.